The number of hydrogen-bond acceptors (Lipinski definition) is 4. The van der Waals surface area contributed by atoms with Crippen molar-refractivity contribution in [2.24, 2.45) is 0 Å². The van der Waals surface area contributed by atoms with Crippen molar-refractivity contribution >= 4 is 23.3 Å². The predicted octanol–water partition coefficient (Wildman–Crippen LogP) is 2.54. The molecule has 1 aromatic carbocycles. The number of anilines is 2. The van der Waals surface area contributed by atoms with Crippen LogP contribution in [0.5, 0.6) is 0 Å². The van der Waals surface area contributed by atoms with E-state index in [1.807, 2.05) is 35.2 Å². The molecule has 2 heterocycles. The highest BCUT2D eigenvalue weighted by Crippen LogP contribution is 2.24. The first-order valence-electron chi connectivity index (χ1n) is 8.98. The molecule has 2 N–H and O–H groups in total. The van der Waals surface area contributed by atoms with Gasteiger partial charge in [-0.2, -0.15) is 0 Å². The predicted molar refractivity (Wildman–Crippen MR) is 102 cm³/mol. The molecule has 6 heteroatoms. The Morgan fingerprint density at radius 2 is 2.08 bits per heavy atom. The van der Waals surface area contributed by atoms with E-state index in [1.165, 1.54) is 5.56 Å². The zero-order chi connectivity index (χ0) is 18.4. The largest absolute Gasteiger partial charge is 0.353 e. The lowest BCUT2D eigenvalue weighted by molar-refractivity contribution is -0.120. The molecule has 1 aliphatic rings. The molecule has 0 aliphatic carbocycles. The minimum absolute atomic E-state index is 0.00180. The van der Waals surface area contributed by atoms with Gasteiger partial charge in [0.15, 0.2) is 0 Å². The van der Waals surface area contributed by atoms with E-state index in [1.54, 1.807) is 6.20 Å². The van der Waals surface area contributed by atoms with E-state index in [0.717, 1.165) is 18.8 Å². The highest BCUT2D eigenvalue weighted by molar-refractivity contribution is 5.91. The van der Waals surface area contributed by atoms with Gasteiger partial charge >= 0.3 is 0 Å². The van der Waals surface area contributed by atoms with Crippen LogP contribution in [0.15, 0.2) is 48.7 Å². The van der Waals surface area contributed by atoms with Crippen LogP contribution in [0.4, 0.5) is 11.5 Å². The number of carbonyl (C=O) groups is 2. The van der Waals surface area contributed by atoms with Crippen molar-refractivity contribution in [3.05, 3.63) is 54.2 Å². The summed E-state index contributed by atoms with van der Waals surface area (Å²) in [7, 11) is 0. The first kappa shape index (κ1) is 17.9. The number of rotatable bonds is 6. The van der Waals surface area contributed by atoms with Gasteiger partial charge in [0.2, 0.25) is 11.8 Å². The minimum Gasteiger partial charge on any atom is -0.353 e. The van der Waals surface area contributed by atoms with E-state index < -0.39 is 0 Å². The number of benzene rings is 1. The lowest BCUT2D eigenvalue weighted by atomic mass is 9.93. The number of carbonyl (C=O) groups excluding carboxylic acids is 2. The topological polar surface area (TPSA) is 74.3 Å². The Labute approximate surface area is 153 Å². The van der Waals surface area contributed by atoms with Crippen molar-refractivity contribution in [3.8, 4) is 0 Å². The fourth-order valence-corrected chi connectivity index (χ4v) is 3.14. The van der Waals surface area contributed by atoms with Gasteiger partial charge in [-0.15, -0.1) is 0 Å². The Bertz CT molecular complexity index is 746. The lowest BCUT2D eigenvalue weighted by Crippen LogP contribution is -2.48. The van der Waals surface area contributed by atoms with Gasteiger partial charge in [0.1, 0.15) is 5.82 Å². The van der Waals surface area contributed by atoms with Crippen LogP contribution in [0.25, 0.3) is 0 Å². The van der Waals surface area contributed by atoms with Gasteiger partial charge in [0, 0.05) is 19.5 Å². The molecule has 1 aliphatic heterocycles. The lowest BCUT2D eigenvalue weighted by Gasteiger charge is -2.27. The zero-order valence-electron chi connectivity index (χ0n) is 14.9. The number of nitrogens with one attached hydrogen (secondary N) is 2. The molecule has 1 saturated heterocycles. The van der Waals surface area contributed by atoms with Gasteiger partial charge in [-0.05, 0) is 30.0 Å². The van der Waals surface area contributed by atoms with Crippen molar-refractivity contribution in [2.45, 2.75) is 25.7 Å². The Hall–Kier alpha value is -2.89. The van der Waals surface area contributed by atoms with Crippen LogP contribution in [0.1, 0.15) is 31.2 Å². The van der Waals surface area contributed by atoms with E-state index in [-0.39, 0.29) is 17.7 Å². The summed E-state index contributed by atoms with van der Waals surface area (Å²) in [4.78, 5) is 30.2. The molecule has 3 rings (SSSR count). The van der Waals surface area contributed by atoms with Gasteiger partial charge < -0.3 is 15.5 Å². The Balaban J connectivity index is 1.58. The molecule has 26 heavy (non-hydrogen) atoms. The number of piperazine rings is 1. The second-order valence-electron chi connectivity index (χ2n) is 6.44. The molecule has 1 aromatic heterocycles. The highest BCUT2D eigenvalue weighted by Gasteiger charge is 2.18. The molecule has 0 radical (unpaired) electrons. The Morgan fingerprint density at radius 1 is 1.27 bits per heavy atom. The second-order valence-corrected chi connectivity index (χ2v) is 6.44. The van der Waals surface area contributed by atoms with Gasteiger partial charge in [-0.1, -0.05) is 37.3 Å². The SMILES string of the molecule is CCC(CC(=O)Nc1ccc(N2CCNC(=O)C2)nc1)c1ccccc1. The molecule has 1 atom stereocenters. The van der Waals surface area contributed by atoms with Crippen molar-refractivity contribution in [1.29, 1.82) is 0 Å². The molecular formula is C20H24N4O2. The smallest absolute Gasteiger partial charge is 0.239 e. The van der Waals surface area contributed by atoms with Crippen molar-refractivity contribution in [1.82, 2.24) is 10.3 Å². The van der Waals surface area contributed by atoms with Crippen LogP contribution in [0, 0.1) is 0 Å². The molecule has 0 bridgehead atoms. The number of aromatic nitrogens is 1. The molecule has 6 nitrogen and oxygen atoms in total. The fraction of sp³-hybridized carbons (Fsp3) is 0.350. The third-order valence-corrected chi connectivity index (χ3v) is 4.59. The van der Waals surface area contributed by atoms with Gasteiger partial charge in [0.05, 0.1) is 18.4 Å². The Morgan fingerprint density at radius 3 is 2.73 bits per heavy atom. The monoisotopic (exact) mass is 352 g/mol. The summed E-state index contributed by atoms with van der Waals surface area (Å²) in [5, 5.41) is 5.71. The van der Waals surface area contributed by atoms with Crippen LogP contribution in [0.2, 0.25) is 0 Å². The molecule has 0 saturated carbocycles. The molecule has 1 fully saturated rings. The van der Waals surface area contributed by atoms with Crippen molar-refractivity contribution in [3.63, 3.8) is 0 Å². The minimum atomic E-state index is -0.0207. The third kappa shape index (κ3) is 4.59. The van der Waals surface area contributed by atoms with E-state index in [9.17, 15) is 9.59 Å². The number of pyridine rings is 1. The molecule has 2 amide bonds. The van der Waals surface area contributed by atoms with Crippen LogP contribution in [-0.2, 0) is 9.59 Å². The quantitative estimate of drug-likeness (QED) is 0.838. The van der Waals surface area contributed by atoms with Crippen LogP contribution in [-0.4, -0.2) is 36.4 Å². The number of amides is 2. The Kier molecular flexibility index (Phi) is 5.84. The van der Waals surface area contributed by atoms with Crippen LogP contribution >= 0.6 is 0 Å². The summed E-state index contributed by atoms with van der Waals surface area (Å²) < 4.78 is 0. The summed E-state index contributed by atoms with van der Waals surface area (Å²) in [5.74, 6) is 0.929. The van der Waals surface area contributed by atoms with E-state index in [4.69, 9.17) is 0 Å². The van der Waals surface area contributed by atoms with Crippen LogP contribution < -0.4 is 15.5 Å². The second kappa shape index (κ2) is 8.47. The summed E-state index contributed by atoms with van der Waals surface area (Å²) in [6.45, 7) is 3.76. The average Bonchev–Trinajstić information content (AvgIpc) is 2.67. The van der Waals surface area contributed by atoms with Gasteiger partial charge in [-0.25, -0.2) is 4.98 Å². The van der Waals surface area contributed by atoms with Crippen molar-refractivity contribution < 1.29 is 9.59 Å². The average molecular weight is 352 g/mol. The number of nitrogens with zero attached hydrogens (tertiary/aromatic N) is 2. The summed E-state index contributed by atoms with van der Waals surface area (Å²) >= 11 is 0. The molecule has 0 spiro atoms. The summed E-state index contributed by atoms with van der Waals surface area (Å²) in [6, 6.07) is 13.8. The van der Waals surface area contributed by atoms with Gasteiger partial charge in [-0.3, -0.25) is 9.59 Å². The third-order valence-electron chi connectivity index (χ3n) is 4.59. The maximum absolute atomic E-state index is 12.4. The standard InChI is InChI=1S/C20H24N4O2/c1-2-15(16-6-4-3-5-7-16)12-19(25)23-17-8-9-18(22-13-17)24-11-10-21-20(26)14-24/h3-9,13,15H,2,10-12,14H2,1H3,(H,21,26)(H,23,25). The molecular weight excluding hydrogens is 328 g/mol. The maximum Gasteiger partial charge on any atom is 0.239 e. The molecule has 1 unspecified atom stereocenters. The van der Waals surface area contributed by atoms with E-state index in [0.29, 0.717) is 25.2 Å². The fourth-order valence-electron chi connectivity index (χ4n) is 3.14. The van der Waals surface area contributed by atoms with E-state index >= 15 is 0 Å². The highest BCUT2D eigenvalue weighted by atomic mass is 16.2. The molecule has 2 aromatic rings. The van der Waals surface area contributed by atoms with Crippen molar-refractivity contribution in [2.75, 3.05) is 29.9 Å². The summed E-state index contributed by atoms with van der Waals surface area (Å²) in [6.07, 6.45) is 2.99. The first-order chi connectivity index (χ1) is 12.7. The first-order valence-corrected chi connectivity index (χ1v) is 8.98. The maximum atomic E-state index is 12.4. The number of hydrogen-bond donors (Lipinski definition) is 2. The summed E-state index contributed by atoms with van der Waals surface area (Å²) in [5.41, 5.74) is 1.85. The zero-order valence-corrected chi connectivity index (χ0v) is 14.9. The van der Waals surface area contributed by atoms with E-state index in [2.05, 4.69) is 34.7 Å². The van der Waals surface area contributed by atoms with Gasteiger partial charge in [0.25, 0.3) is 0 Å². The van der Waals surface area contributed by atoms with Crippen LogP contribution in [0.3, 0.4) is 0 Å². The normalized spacial score (nSPS) is 15.3. The molecule has 136 valence electrons.